The topological polar surface area (TPSA) is 103 Å². The van der Waals surface area contributed by atoms with Crippen LogP contribution in [0.15, 0.2) is 63.7 Å². The van der Waals surface area contributed by atoms with Gasteiger partial charge in [-0.05, 0) is 48.1 Å². The molecule has 0 aliphatic carbocycles. The molecule has 0 saturated carbocycles. The number of esters is 1. The Morgan fingerprint density at radius 2 is 1.89 bits per heavy atom. The Bertz CT molecular complexity index is 1370. The van der Waals surface area contributed by atoms with Crippen LogP contribution >= 0.6 is 23.4 Å². The second-order valence-electron chi connectivity index (χ2n) is 7.98. The molecule has 188 valence electrons. The number of carbonyl (C=O) groups is 1. The third-order valence-electron chi connectivity index (χ3n) is 5.74. The Morgan fingerprint density at radius 3 is 2.56 bits per heavy atom. The molecule has 0 bridgehead atoms. The van der Waals surface area contributed by atoms with Gasteiger partial charge in [0.05, 0.1) is 31.3 Å². The quantitative estimate of drug-likeness (QED) is 0.236. The maximum absolute atomic E-state index is 13.2. The van der Waals surface area contributed by atoms with E-state index in [4.69, 9.17) is 25.8 Å². The smallest absolute Gasteiger partial charge is 0.336 e. The zero-order valence-corrected chi connectivity index (χ0v) is 21.9. The number of methoxy groups -OCH3 is 2. The highest BCUT2D eigenvalue weighted by Gasteiger charge is 2.36. The van der Waals surface area contributed by atoms with Crippen molar-refractivity contribution in [2.75, 3.05) is 25.3 Å². The zero-order chi connectivity index (χ0) is 25.8. The van der Waals surface area contributed by atoms with Gasteiger partial charge in [0.25, 0.3) is 5.56 Å². The molecule has 8 nitrogen and oxygen atoms in total. The number of anilines is 1. The maximum atomic E-state index is 13.2. The summed E-state index contributed by atoms with van der Waals surface area (Å²) >= 11 is 7.39. The fourth-order valence-corrected chi connectivity index (χ4v) is 4.79. The van der Waals surface area contributed by atoms with E-state index in [1.165, 1.54) is 26.0 Å². The molecule has 2 aromatic carbocycles. The van der Waals surface area contributed by atoms with Crippen LogP contribution in [0.5, 0.6) is 11.5 Å². The van der Waals surface area contributed by atoms with E-state index < -0.39 is 11.9 Å². The van der Waals surface area contributed by atoms with E-state index in [2.05, 4.69) is 15.3 Å². The molecule has 0 fully saturated rings. The lowest BCUT2D eigenvalue weighted by Gasteiger charge is -2.29. The van der Waals surface area contributed by atoms with Crippen LogP contribution in [-0.4, -0.2) is 35.9 Å². The molecular weight excluding hydrogens is 502 g/mol. The molecular formula is C26H26ClN3O5S. The van der Waals surface area contributed by atoms with Crippen LogP contribution < -0.4 is 20.3 Å². The third-order valence-corrected chi connectivity index (χ3v) is 6.74. The number of thioether (sulfide) groups is 1. The highest BCUT2D eigenvalue weighted by Crippen LogP contribution is 2.42. The van der Waals surface area contributed by atoms with Gasteiger partial charge in [0, 0.05) is 10.7 Å². The van der Waals surface area contributed by atoms with Gasteiger partial charge >= 0.3 is 5.97 Å². The molecule has 1 aliphatic rings. The number of ether oxygens (including phenoxy) is 3. The van der Waals surface area contributed by atoms with Crippen molar-refractivity contribution in [3.63, 3.8) is 0 Å². The largest absolute Gasteiger partial charge is 0.493 e. The van der Waals surface area contributed by atoms with Gasteiger partial charge in [0.2, 0.25) is 0 Å². The first-order chi connectivity index (χ1) is 17.4. The van der Waals surface area contributed by atoms with Gasteiger partial charge in [-0.1, -0.05) is 48.5 Å². The Labute approximate surface area is 218 Å². The minimum absolute atomic E-state index is 0.316. The summed E-state index contributed by atoms with van der Waals surface area (Å²) in [6.45, 7) is 4.05. The van der Waals surface area contributed by atoms with Crippen molar-refractivity contribution < 1.29 is 19.0 Å². The number of nitrogens with one attached hydrogen (secondary N) is 2. The van der Waals surface area contributed by atoms with Gasteiger partial charge in [0.15, 0.2) is 16.7 Å². The molecule has 0 radical (unpaired) electrons. The predicted molar refractivity (Wildman–Crippen MR) is 140 cm³/mol. The summed E-state index contributed by atoms with van der Waals surface area (Å²) in [5.74, 6) is 0.890. The second-order valence-corrected chi connectivity index (χ2v) is 9.67. The van der Waals surface area contributed by atoms with Crippen LogP contribution in [0, 0.1) is 0 Å². The number of nitrogens with zero attached hydrogens (tertiary/aromatic N) is 1. The summed E-state index contributed by atoms with van der Waals surface area (Å²) in [5.41, 5.74) is 2.50. The molecule has 1 atom stereocenters. The molecule has 36 heavy (non-hydrogen) atoms. The Kier molecular flexibility index (Phi) is 7.91. The fraction of sp³-hybridized carbons (Fsp3) is 0.269. The van der Waals surface area contributed by atoms with Gasteiger partial charge in [0.1, 0.15) is 12.4 Å². The van der Waals surface area contributed by atoms with E-state index in [9.17, 15) is 9.59 Å². The van der Waals surface area contributed by atoms with Crippen LogP contribution in [0.1, 0.15) is 36.5 Å². The number of aromatic amines is 1. The van der Waals surface area contributed by atoms with Crippen LogP contribution in [0.25, 0.3) is 0 Å². The second kappa shape index (κ2) is 11.1. The Hall–Kier alpha value is -3.43. The molecule has 0 saturated heterocycles. The van der Waals surface area contributed by atoms with Crippen molar-refractivity contribution >= 4 is 35.1 Å². The van der Waals surface area contributed by atoms with E-state index in [0.29, 0.717) is 56.5 Å². The number of hydrogen-bond donors (Lipinski definition) is 2. The monoisotopic (exact) mass is 527 g/mol. The normalized spacial score (nSPS) is 14.6. The van der Waals surface area contributed by atoms with E-state index in [-0.39, 0.29) is 5.56 Å². The maximum Gasteiger partial charge on any atom is 0.336 e. The summed E-state index contributed by atoms with van der Waals surface area (Å²) in [6.07, 6.45) is 0. The number of hydrogen-bond acceptors (Lipinski definition) is 8. The lowest BCUT2D eigenvalue weighted by Crippen LogP contribution is -2.31. The van der Waals surface area contributed by atoms with Gasteiger partial charge in [-0.15, -0.1) is 0 Å². The lowest BCUT2D eigenvalue weighted by molar-refractivity contribution is -0.136. The molecule has 10 heteroatoms. The average molecular weight is 528 g/mol. The number of halogens is 1. The molecule has 2 heterocycles. The van der Waals surface area contributed by atoms with Crippen molar-refractivity contribution in [2.45, 2.75) is 31.5 Å². The van der Waals surface area contributed by atoms with Crippen LogP contribution in [-0.2, 0) is 16.1 Å². The van der Waals surface area contributed by atoms with E-state index in [1.807, 2.05) is 25.1 Å². The molecule has 2 N–H and O–H groups in total. The van der Waals surface area contributed by atoms with Gasteiger partial charge in [-0.3, -0.25) is 4.79 Å². The van der Waals surface area contributed by atoms with Crippen molar-refractivity contribution in [3.8, 4) is 11.5 Å². The number of allylic oxidation sites excluding steroid dienone is 1. The number of H-pyrrole nitrogens is 1. The van der Waals surface area contributed by atoms with Crippen LogP contribution in [0.3, 0.4) is 0 Å². The minimum Gasteiger partial charge on any atom is -0.493 e. The van der Waals surface area contributed by atoms with Crippen molar-refractivity contribution in [1.82, 2.24) is 9.97 Å². The molecule has 1 aliphatic heterocycles. The Balaban J connectivity index is 1.76. The first-order valence-electron chi connectivity index (χ1n) is 11.2. The molecule has 0 spiro atoms. The predicted octanol–water partition coefficient (Wildman–Crippen LogP) is 5.13. The third kappa shape index (κ3) is 5.22. The minimum atomic E-state index is -0.718. The van der Waals surface area contributed by atoms with E-state index in [0.717, 1.165) is 11.3 Å². The number of aromatic nitrogens is 2. The summed E-state index contributed by atoms with van der Waals surface area (Å²) < 4.78 is 16.7. The van der Waals surface area contributed by atoms with Gasteiger partial charge in [-0.25, -0.2) is 9.78 Å². The fourth-order valence-electron chi connectivity index (χ4n) is 4.07. The summed E-state index contributed by atoms with van der Waals surface area (Å²) in [4.78, 5) is 33.5. The lowest BCUT2D eigenvalue weighted by atomic mass is 9.82. The summed E-state index contributed by atoms with van der Waals surface area (Å²) in [7, 11) is 2.85. The average Bonchev–Trinajstić information content (AvgIpc) is 2.87. The van der Waals surface area contributed by atoms with E-state index >= 15 is 0 Å². The molecule has 1 unspecified atom stereocenters. The van der Waals surface area contributed by atoms with Crippen LogP contribution in [0.4, 0.5) is 5.82 Å². The molecule has 4 rings (SSSR count). The first-order valence-corrected chi connectivity index (χ1v) is 12.6. The molecule has 1 aromatic heterocycles. The number of fused-ring (bicyclic) bond motifs is 1. The summed E-state index contributed by atoms with van der Waals surface area (Å²) in [6, 6.07) is 12.7. The van der Waals surface area contributed by atoms with Gasteiger partial charge < -0.3 is 24.5 Å². The standard InChI is InChI=1S/C26H26ClN3O5S/c1-5-36-26-29-23-22(24(31)30-26)21(20(14(2)28-23)25(32)34-4)16-8-11-18(19(12-16)33-3)35-13-15-6-9-17(27)10-7-15/h6-12,21H,5,13H2,1-4H3,(H2,28,29,30,31). The highest BCUT2D eigenvalue weighted by molar-refractivity contribution is 7.99. The van der Waals surface area contributed by atoms with Crippen molar-refractivity contribution in [3.05, 3.63) is 85.8 Å². The van der Waals surface area contributed by atoms with Crippen molar-refractivity contribution in [1.29, 1.82) is 0 Å². The number of benzene rings is 2. The van der Waals surface area contributed by atoms with Crippen molar-refractivity contribution in [2.24, 2.45) is 0 Å². The van der Waals surface area contributed by atoms with E-state index in [1.54, 1.807) is 31.2 Å². The zero-order valence-electron chi connectivity index (χ0n) is 20.3. The Morgan fingerprint density at radius 1 is 1.14 bits per heavy atom. The highest BCUT2D eigenvalue weighted by atomic mass is 35.5. The SMILES string of the molecule is CCSc1nc2c(c(=O)[nH]1)C(c1ccc(OCc3ccc(Cl)cc3)c(OC)c1)C(C(=O)OC)=C(C)N2. The molecule has 3 aromatic rings. The molecule has 0 amide bonds. The first kappa shape index (κ1) is 25.7. The number of carbonyl (C=O) groups excluding carboxylic acids is 1. The summed E-state index contributed by atoms with van der Waals surface area (Å²) in [5, 5.41) is 4.27. The number of rotatable bonds is 8. The van der Waals surface area contributed by atoms with Gasteiger partial charge in [-0.2, -0.15) is 0 Å². The van der Waals surface area contributed by atoms with Crippen LogP contribution in [0.2, 0.25) is 5.02 Å².